The van der Waals surface area contributed by atoms with E-state index in [4.69, 9.17) is 0 Å². The van der Waals surface area contributed by atoms with Gasteiger partial charge in [0.2, 0.25) is 0 Å². The molecule has 0 radical (unpaired) electrons. The van der Waals surface area contributed by atoms with E-state index in [9.17, 15) is 8.76 Å². The summed E-state index contributed by atoms with van der Waals surface area (Å²) in [5.74, 6) is 0. The van der Waals surface area contributed by atoms with Crippen LogP contribution in [0.15, 0.2) is 48.5 Å². The van der Waals surface area contributed by atoms with E-state index in [1.807, 2.05) is 48.5 Å². The van der Waals surface area contributed by atoms with Crippen LogP contribution < -0.4 is 0 Å². The highest BCUT2D eigenvalue weighted by atomic mass is 32.2. The van der Waals surface area contributed by atoms with Crippen molar-refractivity contribution in [1.82, 2.24) is 3.97 Å². The average Bonchev–Trinajstić information content (AvgIpc) is 2.63. The quantitative estimate of drug-likeness (QED) is 0.654. The van der Waals surface area contributed by atoms with Gasteiger partial charge in [0.05, 0.1) is 11.0 Å². The number of aromatic nitrogens is 1. The summed E-state index contributed by atoms with van der Waals surface area (Å²) < 4.78 is 22.1. The molecule has 0 aliphatic heterocycles. The van der Waals surface area contributed by atoms with Gasteiger partial charge in [0, 0.05) is 10.8 Å². The number of hydrogen-bond acceptors (Lipinski definition) is 1. The molecule has 3 aromatic rings. The normalized spacial score (nSPS) is 13.3. The molecule has 1 aromatic heterocycles. The highest BCUT2D eigenvalue weighted by Crippen LogP contribution is 2.28. The van der Waals surface area contributed by atoms with E-state index >= 15 is 0 Å². The Kier molecular flexibility index (Phi) is 2.05. The van der Waals surface area contributed by atoms with Crippen molar-refractivity contribution >= 4 is 33.1 Å². The second kappa shape index (κ2) is 3.43. The maximum Gasteiger partial charge on any atom is 0.266 e. The molecule has 0 aliphatic carbocycles. The van der Waals surface area contributed by atoms with Gasteiger partial charge >= 0.3 is 0 Å². The van der Waals surface area contributed by atoms with E-state index in [2.05, 4.69) is 0 Å². The smallest absolute Gasteiger partial charge is 0.266 e. The zero-order valence-electron chi connectivity index (χ0n) is 8.33. The van der Waals surface area contributed by atoms with E-state index in [1.54, 1.807) is 0 Å². The summed E-state index contributed by atoms with van der Waals surface area (Å²) in [5.41, 5.74) is 1.56. The molecule has 4 heteroatoms. The third kappa shape index (κ3) is 1.20. The zero-order chi connectivity index (χ0) is 11.1. The molecule has 16 heavy (non-hydrogen) atoms. The van der Waals surface area contributed by atoms with Crippen LogP contribution in [0.3, 0.4) is 0 Å². The van der Waals surface area contributed by atoms with Crippen LogP contribution in [0.2, 0.25) is 0 Å². The van der Waals surface area contributed by atoms with Gasteiger partial charge in [-0.3, -0.25) is 4.55 Å². The van der Waals surface area contributed by atoms with E-state index in [0.29, 0.717) is 0 Å². The van der Waals surface area contributed by atoms with E-state index in [-0.39, 0.29) is 0 Å². The lowest BCUT2D eigenvalue weighted by Gasteiger charge is -1.99. The van der Waals surface area contributed by atoms with E-state index < -0.39 is 11.3 Å². The number of rotatable bonds is 1. The fourth-order valence-corrected chi connectivity index (χ4v) is 2.71. The maximum absolute atomic E-state index is 11.4. The van der Waals surface area contributed by atoms with Gasteiger partial charge in [0.1, 0.15) is 0 Å². The van der Waals surface area contributed by atoms with E-state index in [1.165, 1.54) is 3.97 Å². The molecule has 0 fully saturated rings. The Morgan fingerprint density at radius 3 is 1.75 bits per heavy atom. The van der Waals surface area contributed by atoms with Crippen molar-refractivity contribution in [3.63, 3.8) is 0 Å². The van der Waals surface area contributed by atoms with Gasteiger partial charge in [-0.2, -0.15) is 0 Å². The largest absolute Gasteiger partial charge is 0.289 e. The summed E-state index contributed by atoms with van der Waals surface area (Å²) in [6, 6.07) is 15.2. The minimum atomic E-state index is -2.03. The molecule has 3 nitrogen and oxygen atoms in total. The van der Waals surface area contributed by atoms with Crippen molar-refractivity contribution in [1.29, 1.82) is 0 Å². The fourth-order valence-electron chi connectivity index (χ4n) is 2.06. The lowest BCUT2D eigenvalue weighted by Crippen LogP contribution is -2.01. The van der Waals surface area contributed by atoms with Crippen LogP contribution in [0.5, 0.6) is 0 Å². The predicted octanol–water partition coefficient (Wildman–Crippen LogP) is 2.78. The molecule has 0 saturated carbocycles. The first kappa shape index (κ1) is 9.57. The molecule has 1 atom stereocenters. The Morgan fingerprint density at radius 1 is 0.875 bits per heavy atom. The Bertz CT molecular complexity index is 649. The summed E-state index contributed by atoms with van der Waals surface area (Å²) in [5, 5.41) is 2.00. The molecule has 1 heterocycles. The molecule has 0 saturated heterocycles. The van der Waals surface area contributed by atoms with Crippen molar-refractivity contribution < 1.29 is 8.76 Å². The fraction of sp³-hybridized carbons (Fsp3) is 0. The van der Waals surface area contributed by atoms with Crippen molar-refractivity contribution in [2.45, 2.75) is 0 Å². The minimum absolute atomic E-state index is 0.782. The van der Waals surface area contributed by atoms with Gasteiger partial charge in [-0.25, -0.2) is 8.18 Å². The SMILES string of the molecule is O=S(O)n1c2ccccc2c2ccccc21. The summed E-state index contributed by atoms with van der Waals surface area (Å²) >= 11 is -2.03. The maximum atomic E-state index is 11.4. The lowest BCUT2D eigenvalue weighted by atomic mass is 10.2. The highest BCUT2D eigenvalue weighted by molar-refractivity contribution is 7.78. The van der Waals surface area contributed by atoms with Crippen LogP contribution in [-0.2, 0) is 11.3 Å². The number of hydrogen-bond donors (Lipinski definition) is 1. The summed E-state index contributed by atoms with van der Waals surface area (Å²) in [7, 11) is 0. The average molecular weight is 231 g/mol. The van der Waals surface area contributed by atoms with Crippen LogP contribution in [0.1, 0.15) is 0 Å². The van der Waals surface area contributed by atoms with Gasteiger partial charge in [0.25, 0.3) is 11.3 Å². The second-order valence-electron chi connectivity index (χ2n) is 3.56. The molecule has 1 N–H and O–H groups in total. The van der Waals surface area contributed by atoms with Gasteiger partial charge < -0.3 is 0 Å². The summed E-state index contributed by atoms with van der Waals surface area (Å²) in [6.45, 7) is 0. The summed E-state index contributed by atoms with van der Waals surface area (Å²) in [6.07, 6.45) is 0. The standard InChI is InChI=1S/C12H9NO2S/c14-16(15)13-11-7-3-1-5-9(11)10-6-2-4-8-12(10)13/h1-8H,(H,14,15). The second-order valence-corrected chi connectivity index (χ2v) is 4.39. The van der Waals surface area contributed by atoms with Gasteiger partial charge in [0.15, 0.2) is 0 Å². The van der Waals surface area contributed by atoms with Crippen LogP contribution in [-0.4, -0.2) is 12.7 Å². The van der Waals surface area contributed by atoms with Crippen LogP contribution in [0.4, 0.5) is 0 Å². The summed E-state index contributed by atoms with van der Waals surface area (Å²) in [4.78, 5) is 0. The molecule has 2 aromatic carbocycles. The van der Waals surface area contributed by atoms with Gasteiger partial charge in [-0.1, -0.05) is 36.4 Å². The molecular formula is C12H9NO2S. The molecule has 3 rings (SSSR count). The van der Waals surface area contributed by atoms with Crippen LogP contribution in [0.25, 0.3) is 21.8 Å². The Hall–Kier alpha value is -1.65. The monoisotopic (exact) mass is 231 g/mol. The lowest BCUT2D eigenvalue weighted by molar-refractivity contribution is 0.558. The first-order valence-corrected chi connectivity index (χ1v) is 5.95. The Morgan fingerprint density at radius 2 is 1.31 bits per heavy atom. The molecule has 80 valence electrons. The third-order valence-corrected chi connectivity index (χ3v) is 3.40. The molecule has 0 spiro atoms. The Labute approximate surface area is 94.7 Å². The van der Waals surface area contributed by atoms with Crippen molar-refractivity contribution in [2.24, 2.45) is 0 Å². The first-order valence-electron chi connectivity index (χ1n) is 4.88. The van der Waals surface area contributed by atoms with Crippen molar-refractivity contribution in [3.05, 3.63) is 48.5 Å². The predicted molar refractivity (Wildman–Crippen MR) is 65.6 cm³/mol. The highest BCUT2D eigenvalue weighted by Gasteiger charge is 2.12. The number of nitrogens with zero attached hydrogens (tertiary/aromatic N) is 1. The van der Waals surface area contributed by atoms with Crippen LogP contribution in [0, 0.1) is 0 Å². The molecule has 0 amide bonds. The minimum Gasteiger partial charge on any atom is -0.289 e. The number of benzene rings is 2. The molecule has 0 bridgehead atoms. The number of fused-ring (bicyclic) bond motifs is 3. The van der Waals surface area contributed by atoms with Gasteiger partial charge in [-0.15, -0.1) is 0 Å². The van der Waals surface area contributed by atoms with Gasteiger partial charge in [-0.05, 0) is 12.1 Å². The van der Waals surface area contributed by atoms with Crippen molar-refractivity contribution in [2.75, 3.05) is 0 Å². The zero-order valence-corrected chi connectivity index (χ0v) is 9.15. The van der Waals surface area contributed by atoms with Crippen molar-refractivity contribution in [3.8, 4) is 0 Å². The Balaban J connectivity index is 2.64. The number of para-hydroxylation sites is 2. The first-order chi connectivity index (χ1) is 7.79. The van der Waals surface area contributed by atoms with Crippen LogP contribution >= 0.6 is 0 Å². The van der Waals surface area contributed by atoms with E-state index in [0.717, 1.165) is 21.8 Å². The molecular weight excluding hydrogens is 222 g/mol. The molecule has 1 unspecified atom stereocenters. The molecule has 0 aliphatic rings. The topological polar surface area (TPSA) is 42.2 Å². The third-order valence-electron chi connectivity index (χ3n) is 2.69.